The molecule has 3 nitrogen and oxygen atoms in total. The molecule has 31 heavy (non-hydrogen) atoms. The number of rotatable bonds is 13. The van der Waals surface area contributed by atoms with E-state index in [-0.39, 0.29) is 0 Å². The summed E-state index contributed by atoms with van der Waals surface area (Å²) in [7, 11) is 0. The molecule has 0 fully saturated rings. The molecule has 5 heteroatoms. The van der Waals surface area contributed by atoms with Gasteiger partial charge in [0.1, 0.15) is 0 Å². The zero-order valence-corrected chi connectivity index (χ0v) is 22.0. The van der Waals surface area contributed by atoms with E-state index >= 15 is 0 Å². The Hall–Kier alpha value is -1.38. The standard InChI is InChI=1S/C26H33N3Se2/c1-2-3-4-5-6-7-8-9-10-11-18-29-27-25-21(23-14-12-19-30-23)16-17-22(26(25)28-29)24-15-13-20-31-24/h12-17,19-20H,2-11,18H2,1H3. The average molecular weight is 545 g/mol. The second-order valence-corrected chi connectivity index (χ2v) is 12.3. The third-order valence-corrected chi connectivity index (χ3v) is 9.66. The Balaban J connectivity index is 1.38. The molecular formula is C26H33N3Se2. The molecule has 0 unspecified atom stereocenters. The molecular weight excluding hydrogens is 512 g/mol. The molecule has 164 valence electrons. The van der Waals surface area contributed by atoms with Gasteiger partial charge in [0.05, 0.1) is 0 Å². The first kappa shape index (κ1) is 22.8. The van der Waals surface area contributed by atoms with Crippen molar-refractivity contribution in [1.29, 1.82) is 0 Å². The molecule has 1 aromatic carbocycles. The molecule has 0 saturated carbocycles. The van der Waals surface area contributed by atoms with Crippen molar-refractivity contribution in [2.45, 2.75) is 77.7 Å². The number of unbranched alkanes of at least 4 members (excludes halogenated alkanes) is 9. The van der Waals surface area contributed by atoms with Crippen molar-refractivity contribution in [2.24, 2.45) is 0 Å². The molecule has 3 heterocycles. The summed E-state index contributed by atoms with van der Waals surface area (Å²) in [5.41, 5.74) is 4.73. The summed E-state index contributed by atoms with van der Waals surface area (Å²) in [5, 5.41) is 9.94. The van der Waals surface area contributed by atoms with Crippen molar-refractivity contribution in [1.82, 2.24) is 15.0 Å². The quantitative estimate of drug-likeness (QED) is 0.137. The normalized spacial score (nSPS) is 11.5. The van der Waals surface area contributed by atoms with Crippen molar-refractivity contribution in [3.63, 3.8) is 0 Å². The van der Waals surface area contributed by atoms with Gasteiger partial charge in [-0.15, -0.1) is 0 Å². The SMILES string of the molecule is CCCCCCCCCCCCn1nc2c(-c3ccc[se]3)ccc(-c3ccc[se]3)c2n1. The second-order valence-electron chi connectivity index (χ2n) is 8.29. The van der Waals surface area contributed by atoms with Crippen LogP contribution in [0.1, 0.15) is 71.1 Å². The van der Waals surface area contributed by atoms with Gasteiger partial charge in [-0.3, -0.25) is 0 Å². The summed E-state index contributed by atoms with van der Waals surface area (Å²) >= 11 is 0.819. The molecule has 0 aliphatic carbocycles. The van der Waals surface area contributed by atoms with Gasteiger partial charge in [-0.25, -0.2) is 0 Å². The molecule has 0 aliphatic rings. The van der Waals surface area contributed by atoms with Crippen molar-refractivity contribution in [3.05, 3.63) is 46.3 Å². The molecule has 4 rings (SSSR count). The zero-order chi connectivity index (χ0) is 21.3. The molecule has 0 bridgehead atoms. The Morgan fingerprint density at radius 3 is 1.58 bits per heavy atom. The summed E-state index contributed by atoms with van der Waals surface area (Å²) in [6, 6.07) is 13.4. The van der Waals surface area contributed by atoms with Crippen molar-refractivity contribution < 1.29 is 0 Å². The molecule has 0 amide bonds. The molecule has 0 aliphatic heterocycles. The van der Waals surface area contributed by atoms with E-state index in [9.17, 15) is 0 Å². The fourth-order valence-electron chi connectivity index (χ4n) is 4.14. The fourth-order valence-corrected chi connectivity index (χ4v) is 7.30. The van der Waals surface area contributed by atoms with Gasteiger partial charge in [0.2, 0.25) is 0 Å². The van der Waals surface area contributed by atoms with Crippen LogP contribution in [-0.2, 0) is 6.54 Å². The topological polar surface area (TPSA) is 30.7 Å². The molecule has 3 aromatic heterocycles. The first-order chi connectivity index (χ1) is 15.4. The predicted molar refractivity (Wildman–Crippen MR) is 134 cm³/mol. The van der Waals surface area contributed by atoms with E-state index in [1.807, 2.05) is 4.80 Å². The van der Waals surface area contributed by atoms with E-state index in [2.05, 4.69) is 53.2 Å². The Morgan fingerprint density at radius 1 is 0.645 bits per heavy atom. The summed E-state index contributed by atoms with van der Waals surface area (Å²) in [4.78, 5) is 6.53. The first-order valence-corrected chi connectivity index (χ1v) is 15.5. The summed E-state index contributed by atoms with van der Waals surface area (Å²) in [6.45, 7) is 3.21. The number of aryl methyl sites for hydroxylation is 1. The van der Waals surface area contributed by atoms with Crippen LogP contribution in [-0.4, -0.2) is 44.0 Å². The third kappa shape index (κ3) is 6.11. The van der Waals surface area contributed by atoms with Gasteiger partial charge in [-0.1, -0.05) is 32.6 Å². The maximum atomic E-state index is 4.97. The van der Waals surface area contributed by atoms with Crippen molar-refractivity contribution in [2.75, 3.05) is 0 Å². The Kier molecular flexibility index (Phi) is 8.84. The van der Waals surface area contributed by atoms with Crippen molar-refractivity contribution in [3.8, 4) is 20.0 Å². The van der Waals surface area contributed by atoms with E-state index in [0.29, 0.717) is 29.0 Å². The summed E-state index contributed by atoms with van der Waals surface area (Å²) < 4.78 is 2.83. The first-order valence-electron chi connectivity index (χ1n) is 11.8. The van der Waals surface area contributed by atoms with Gasteiger partial charge in [0.15, 0.2) is 0 Å². The van der Waals surface area contributed by atoms with Gasteiger partial charge in [0, 0.05) is 0 Å². The molecule has 0 radical (unpaired) electrons. The number of hydrogen-bond acceptors (Lipinski definition) is 2. The van der Waals surface area contributed by atoms with E-state index in [1.165, 1.54) is 84.2 Å². The van der Waals surface area contributed by atoms with Crippen LogP contribution in [0, 0.1) is 0 Å². The van der Waals surface area contributed by atoms with Crippen LogP contribution in [0.2, 0.25) is 0 Å². The molecule has 0 saturated heterocycles. The van der Waals surface area contributed by atoms with Crippen LogP contribution < -0.4 is 0 Å². The summed E-state index contributed by atoms with van der Waals surface area (Å²) in [6.07, 6.45) is 13.6. The number of benzene rings is 1. The average Bonchev–Trinajstić information content (AvgIpc) is 3.55. The van der Waals surface area contributed by atoms with Gasteiger partial charge >= 0.3 is 166 Å². The van der Waals surface area contributed by atoms with Gasteiger partial charge in [-0.05, 0) is 0 Å². The molecule has 4 aromatic rings. The van der Waals surface area contributed by atoms with Crippen LogP contribution in [0.3, 0.4) is 0 Å². The monoisotopic (exact) mass is 547 g/mol. The summed E-state index contributed by atoms with van der Waals surface area (Å²) in [5.74, 6) is 0. The van der Waals surface area contributed by atoms with Crippen LogP contribution in [0.4, 0.5) is 0 Å². The van der Waals surface area contributed by atoms with Crippen molar-refractivity contribution >= 4 is 40.0 Å². The number of fused-ring (bicyclic) bond motifs is 1. The van der Waals surface area contributed by atoms with E-state index in [0.717, 1.165) is 17.6 Å². The number of nitrogens with zero attached hydrogens (tertiary/aromatic N) is 3. The predicted octanol–water partition coefficient (Wildman–Crippen LogP) is 6.80. The fraction of sp³-hybridized carbons (Fsp3) is 0.462. The van der Waals surface area contributed by atoms with Gasteiger partial charge < -0.3 is 0 Å². The minimum atomic E-state index is 0.410. The maximum absolute atomic E-state index is 4.97. The van der Waals surface area contributed by atoms with E-state index in [1.54, 1.807) is 0 Å². The number of hydrogen-bond donors (Lipinski definition) is 0. The Bertz CT molecular complexity index is 961. The van der Waals surface area contributed by atoms with E-state index < -0.39 is 0 Å². The van der Waals surface area contributed by atoms with E-state index in [4.69, 9.17) is 10.2 Å². The van der Waals surface area contributed by atoms with Crippen LogP contribution in [0.25, 0.3) is 31.0 Å². The second kappa shape index (κ2) is 12.0. The number of aromatic nitrogens is 3. The van der Waals surface area contributed by atoms with Gasteiger partial charge in [-0.2, -0.15) is 0 Å². The zero-order valence-electron chi connectivity index (χ0n) is 18.6. The Labute approximate surface area is 198 Å². The van der Waals surface area contributed by atoms with Crippen LogP contribution in [0.15, 0.2) is 46.3 Å². The third-order valence-electron chi connectivity index (χ3n) is 5.87. The minimum absolute atomic E-state index is 0.410. The Morgan fingerprint density at radius 2 is 1.13 bits per heavy atom. The van der Waals surface area contributed by atoms with Crippen LogP contribution in [0.5, 0.6) is 0 Å². The van der Waals surface area contributed by atoms with Crippen LogP contribution >= 0.6 is 0 Å². The van der Waals surface area contributed by atoms with Gasteiger partial charge in [0.25, 0.3) is 0 Å². The molecule has 0 spiro atoms. The molecule has 0 N–H and O–H groups in total. The molecule has 0 atom stereocenters.